The van der Waals surface area contributed by atoms with Crippen LogP contribution in [-0.4, -0.2) is 46.6 Å². The van der Waals surface area contributed by atoms with Gasteiger partial charge in [-0.15, -0.1) is 6.58 Å². The average molecular weight is 853 g/mol. The van der Waals surface area contributed by atoms with Gasteiger partial charge in [0.2, 0.25) is 11.8 Å². The van der Waals surface area contributed by atoms with E-state index >= 15 is 9.59 Å². The Bertz CT molecular complexity index is 2680. The number of phenolic OH excluding ortho intramolecular Hbond substituents is 1. The van der Waals surface area contributed by atoms with Crippen molar-refractivity contribution in [3.05, 3.63) is 177 Å². The molecule has 2 saturated heterocycles. The standard InChI is InChI=1S/C49H39Cl2N3O7/c1-3-8-27-11-7-12-36(44(27)56)42-34-22-23-35-41(47(59)53(45(35)57)32-18-13-29(14-19-32)43(55)28-9-5-4-6-10-28)37(34)26-38-46(58)54(52-40-24-17-31(50)25-39(40)51)48(60)49(38,42)30-15-20-33(61-2)21-16-30/h3-7,9-22,24-25,35,37-38,41-42,52,56H,1,8,23,26H2,2H3/t35-,37+,38-,41-,42+,49+/m0/s1. The predicted octanol–water partition coefficient (Wildman–Crippen LogP) is 8.86. The molecule has 2 aliphatic heterocycles. The van der Waals surface area contributed by atoms with Crippen LogP contribution in [0.2, 0.25) is 10.0 Å². The summed E-state index contributed by atoms with van der Waals surface area (Å²) in [5.41, 5.74) is 5.00. The van der Waals surface area contributed by atoms with Crippen LogP contribution in [-0.2, 0) is 31.0 Å². The maximum absolute atomic E-state index is 15.6. The Morgan fingerprint density at radius 3 is 2.28 bits per heavy atom. The van der Waals surface area contributed by atoms with Crippen molar-refractivity contribution in [2.75, 3.05) is 17.4 Å². The molecule has 10 nitrogen and oxygen atoms in total. The number of ketones is 1. The van der Waals surface area contributed by atoms with E-state index in [1.165, 1.54) is 18.1 Å². The molecule has 4 aliphatic rings. The summed E-state index contributed by atoms with van der Waals surface area (Å²) in [6.07, 6.45) is 4.14. The lowest BCUT2D eigenvalue weighted by molar-refractivity contribution is -0.138. The number of anilines is 2. The first-order valence-electron chi connectivity index (χ1n) is 19.9. The summed E-state index contributed by atoms with van der Waals surface area (Å²) in [6.45, 7) is 3.87. The van der Waals surface area contributed by atoms with Crippen LogP contribution in [0.3, 0.4) is 0 Å². The van der Waals surface area contributed by atoms with Crippen molar-refractivity contribution in [3.8, 4) is 11.5 Å². The molecule has 0 spiro atoms. The molecule has 0 bridgehead atoms. The van der Waals surface area contributed by atoms with E-state index in [1.807, 2.05) is 12.1 Å². The normalized spacial score (nSPS) is 24.2. The van der Waals surface area contributed by atoms with E-state index in [-0.39, 0.29) is 41.0 Å². The van der Waals surface area contributed by atoms with Gasteiger partial charge in [-0.1, -0.05) is 102 Å². The zero-order chi connectivity index (χ0) is 42.7. The molecule has 61 heavy (non-hydrogen) atoms. The molecule has 0 unspecified atom stereocenters. The van der Waals surface area contributed by atoms with E-state index in [2.05, 4.69) is 12.0 Å². The number of allylic oxidation sites excluding steroid dienone is 3. The first-order valence-corrected chi connectivity index (χ1v) is 20.7. The number of hydrogen-bond donors (Lipinski definition) is 2. The molecule has 306 valence electrons. The van der Waals surface area contributed by atoms with E-state index in [0.717, 1.165) is 5.01 Å². The summed E-state index contributed by atoms with van der Waals surface area (Å²) in [5, 5.41) is 13.7. The number of para-hydroxylation sites is 1. The number of imide groups is 2. The number of phenols is 1. The summed E-state index contributed by atoms with van der Waals surface area (Å²) in [4.78, 5) is 74.3. The largest absolute Gasteiger partial charge is 0.507 e. The molecule has 5 aromatic rings. The Morgan fingerprint density at radius 2 is 1.59 bits per heavy atom. The summed E-state index contributed by atoms with van der Waals surface area (Å²) in [7, 11) is 1.53. The summed E-state index contributed by atoms with van der Waals surface area (Å²) >= 11 is 12.8. The molecule has 6 atom stereocenters. The fourth-order valence-corrected chi connectivity index (χ4v) is 10.6. The van der Waals surface area contributed by atoms with Gasteiger partial charge < -0.3 is 9.84 Å². The van der Waals surface area contributed by atoms with Crippen LogP contribution >= 0.6 is 23.2 Å². The molecule has 12 heteroatoms. The fourth-order valence-electron chi connectivity index (χ4n) is 10.1. The van der Waals surface area contributed by atoms with Gasteiger partial charge in [-0.2, -0.15) is 5.01 Å². The lowest BCUT2D eigenvalue weighted by Crippen LogP contribution is -2.53. The van der Waals surface area contributed by atoms with Gasteiger partial charge in [-0.3, -0.25) is 34.3 Å². The van der Waals surface area contributed by atoms with Gasteiger partial charge in [0.1, 0.15) is 11.5 Å². The van der Waals surface area contributed by atoms with Crippen LogP contribution in [0.25, 0.3) is 0 Å². The van der Waals surface area contributed by atoms with E-state index in [4.69, 9.17) is 27.9 Å². The van der Waals surface area contributed by atoms with Crippen molar-refractivity contribution in [2.45, 2.75) is 30.6 Å². The number of rotatable bonds is 10. The number of benzene rings is 5. The quantitative estimate of drug-likeness (QED) is 0.0810. The number of hydrazine groups is 1. The van der Waals surface area contributed by atoms with Gasteiger partial charge in [0.15, 0.2) is 5.78 Å². The predicted molar refractivity (Wildman–Crippen MR) is 231 cm³/mol. The number of aromatic hydroxyl groups is 1. The zero-order valence-electron chi connectivity index (χ0n) is 32.9. The lowest BCUT2D eigenvalue weighted by Gasteiger charge is -2.50. The van der Waals surface area contributed by atoms with E-state index in [1.54, 1.807) is 109 Å². The molecule has 1 saturated carbocycles. The van der Waals surface area contributed by atoms with Gasteiger partial charge in [0.25, 0.3) is 11.8 Å². The molecule has 9 rings (SSSR count). The first kappa shape index (κ1) is 39.9. The highest BCUT2D eigenvalue weighted by Crippen LogP contribution is 2.65. The highest BCUT2D eigenvalue weighted by Gasteiger charge is 2.70. The summed E-state index contributed by atoms with van der Waals surface area (Å²) in [6, 6.07) is 32.2. The second-order valence-corrected chi connectivity index (χ2v) is 16.7. The maximum atomic E-state index is 15.6. The van der Waals surface area contributed by atoms with E-state index < -0.39 is 52.7 Å². The lowest BCUT2D eigenvalue weighted by atomic mass is 9.49. The van der Waals surface area contributed by atoms with Crippen molar-refractivity contribution in [1.29, 1.82) is 0 Å². The molecule has 3 fully saturated rings. The van der Waals surface area contributed by atoms with Crippen LogP contribution in [0, 0.1) is 23.7 Å². The number of nitrogens with one attached hydrogen (secondary N) is 1. The third-order valence-electron chi connectivity index (χ3n) is 12.8. The van der Waals surface area contributed by atoms with Crippen LogP contribution in [0.4, 0.5) is 11.4 Å². The number of amides is 4. The van der Waals surface area contributed by atoms with Gasteiger partial charge in [-0.05, 0) is 90.9 Å². The van der Waals surface area contributed by atoms with E-state index in [0.29, 0.717) is 56.3 Å². The van der Waals surface area contributed by atoms with Gasteiger partial charge in [0.05, 0.1) is 46.7 Å². The molecule has 2 aliphatic carbocycles. The summed E-state index contributed by atoms with van der Waals surface area (Å²) in [5.74, 6) is -6.07. The number of carbonyl (C=O) groups excluding carboxylic acids is 5. The number of hydrogen-bond acceptors (Lipinski definition) is 8. The Labute approximate surface area is 362 Å². The Kier molecular flexibility index (Phi) is 10.2. The molecule has 2 N–H and O–H groups in total. The smallest absolute Gasteiger partial charge is 0.260 e. The fraction of sp³-hybridized carbons (Fsp3) is 0.204. The second-order valence-electron chi connectivity index (χ2n) is 15.8. The second kappa shape index (κ2) is 15.5. The van der Waals surface area contributed by atoms with Crippen molar-refractivity contribution < 1.29 is 33.8 Å². The van der Waals surface area contributed by atoms with Crippen molar-refractivity contribution >= 4 is 64.0 Å². The SMILES string of the molecule is C=CCc1cccc([C@H]2C3=CC[C@@H]4C(=O)N(c5ccc(C(=O)c6ccccc6)cc5)C(=O)[C@@H]4[C@@H]3C[C@H]3C(=O)N(Nc4ccc(Cl)cc4Cl)C(=O)[C@@]23c2ccc(OC)cc2)c1O. The number of ether oxygens (including phenoxy) is 1. The molecule has 0 aromatic heterocycles. The van der Waals surface area contributed by atoms with Gasteiger partial charge >= 0.3 is 0 Å². The number of methoxy groups -OCH3 is 1. The molecule has 5 aromatic carbocycles. The average Bonchev–Trinajstić information content (AvgIpc) is 3.66. The molecule has 0 radical (unpaired) electrons. The Hall–Kier alpha value is -6.49. The van der Waals surface area contributed by atoms with Crippen LogP contribution < -0.4 is 15.1 Å². The highest BCUT2D eigenvalue weighted by molar-refractivity contribution is 6.36. The minimum Gasteiger partial charge on any atom is -0.507 e. The first-order chi connectivity index (χ1) is 29.5. The monoisotopic (exact) mass is 851 g/mol. The number of carbonyl (C=O) groups is 5. The minimum absolute atomic E-state index is 0.0388. The minimum atomic E-state index is -1.65. The maximum Gasteiger partial charge on any atom is 0.260 e. The zero-order valence-corrected chi connectivity index (χ0v) is 34.4. The van der Waals surface area contributed by atoms with Gasteiger partial charge in [0, 0.05) is 27.6 Å². The van der Waals surface area contributed by atoms with Crippen LogP contribution in [0.1, 0.15) is 51.4 Å². The number of fused-ring (bicyclic) bond motifs is 4. The van der Waals surface area contributed by atoms with Crippen LogP contribution in [0.5, 0.6) is 11.5 Å². The van der Waals surface area contributed by atoms with Crippen molar-refractivity contribution in [2.24, 2.45) is 23.7 Å². The topological polar surface area (TPSA) is 133 Å². The van der Waals surface area contributed by atoms with Crippen molar-refractivity contribution in [3.63, 3.8) is 0 Å². The molecule has 4 amide bonds. The number of nitrogens with zero attached hydrogens (tertiary/aromatic N) is 2. The Morgan fingerprint density at radius 1 is 0.869 bits per heavy atom. The highest BCUT2D eigenvalue weighted by atomic mass is 35.5. The van der Waals surface area contributed by atoms with Crippen molar-refractivity contribution in [1.82, 2.24) is 5.01 Å². The van der Waals surface area contributed by atoms with Gasteiger partial charge in [-0.25, -0.2) is 0 Å². The molecule has 2 heterocycles. The molecular formula is C49H39Cl2N3O7. The Balaban J connectivity index is 1.18. The third kappa shape index (κ3) is 6.27. The van der Waals surface area contributed by atoms with E-state index in [9.17, 15) is 19.5 Å². The number of halogens is 2. The third-order valence-corrected chi connectivity index (χ3v) is 13.4. The summed E-state index contributed by atoms with van der Waals surface area (Å²) < 4.78 is 5.50. The van der Waals surface area contributed by atoms with Crippen LogP contribution in [0.15, 0.2) is 140 Å². The molecular weight excluding hydrogens is 813 g/mol.